The maximum atomic E-state index is 4.26. The Hall–Kier alpha value is -2.02. The molecular formula is C9H8LrNS-. The van der Waals surface area contributed by atoms with E-state index in [-0.39, 0.29) is 0 Å². The molecule has 12 heavy (non-hydrogen) atoms. The average molecular weight is 424 g/mol. The number of fused-ring (bicyclic) bond motifs is 1. The van der Waals surface area contributed by atoms with E-state index in [1.165, 1.54) is 5.56 Å². The van der Waals surface area contributed by atoms with Gasteiger partial charge in [0.15, 0.2) is 0 Å². The van der Waals surface area contributed by atoms with Crippen molar-refractivity contribution in [3.8, 4) is 0 Å². The summed E-state index contributed by atoms with van der Waals surface area (Å²) < 4.78 is 0. The maximum absolute atomic E-state index is 4.26. The summed E-state index contributed by atoms with van der Waals surface area (Å²) in [6.45, 7) is 0. The molecule has 0 aromatic carbocycles. The summed E-state index contributed by atoms with van der Waals surface area (Å²) in [6, 6.07) is 2.04. The van der Waals surface area contributed by atoms with Gasteiger partial charge in [0.05, 0.1) is 0 Å². The zero-order chi connectivity index (χ0) is 7.68. The maximum Gasteiger partial charge on any atom is 0 e. The van der Waals surface area contributed by atoms with Crippen LogP contribution in [-0.2, 0) is 0 Å². The fraction of sp³-hybridized carbons (Fsp3) is 0. The van der Waals surface area contributed by atoms with Gasteiger partial charge >= 0.3 is 0 Å². The van der Waals surface area contributed by atoms with Crippen LogP contribution in [0.1, 0.15) is 11.3 Å². The molecule has 0 saturated carbocycles. The largest absolute Gasteiger partial charge is 0.408 e. The summed E-state index contributed by atoms with van der Waals surface area (Å²) in [5, 5.41) is 0. The number of rotatable bonds is 0. The van der Waals surface area contributed by atoms with Crippen LogP contribution in [-0.4, -0.2) is 4.98 Å². The monoisotopic (exact) mass is 424 g/mol. The zero-order valence-electron chi connectivity index (χ0n) is 6.17. The number of H-pyrrole nitrogens is 1. The number of nitrogens with one attached hydrogen (secondary N) is 1. The van der Waals surface area contributed by atoms with Gasteiger partial charge in [-0.2, -0.15) is 12.6 Å². The van der Waals surface area contributed by atoms with Crippen LogP contribution in [0.3, 0.4) is 0 Å². The van der Waals surface area contributed by atoms with Crippen molar-refractivity contribution in [1.82, 2.24) is 4.98 Å². The van der Waals surface area contributed by atoms with Gasteiger partial charge in [0.1, 0.15) is 0 Å². The van der Waals surface area contributed by atoms with Gasteiger partial charge in [-0.15, -0.1) is 30.2 Å². The second-order valence-corrected chi connectivity index (χ2v) is 2.96. The summed E-state index contributed by atoms with van der Waals surface area (Å²) in [4.78, 5) is 4.11. The van der Waals surface area contributed by atoms with Crippen LogP contribution in [0.5, 0.6) is 0 Å². The minimum atomic E-state index is 0. The van der Waals surface area contributed by atoms with Crippen molar-refractivity contribution < 1.29 is 0 Å². The molecule has 0 unspecified atom stereocenters. The SMILES string of the molecule is SC1=Cc2[nH]ccc2[CH-]C=C1.[Lr]. The van der Waals surface area contributed by atoms with Crippen LogP contribution >= 0.6 is 12.6 Å². The summed E-state index contributed by atoms with van der Waals surface area (Å²) in [5.41, 5.74) is 2.34. The van der Waals surface area contributed by atoms with E-state index in [0.29, 0.717) is 0 Å². The predicted molar refractivity (Wildman–Crippen MR) is 50.3 cm³/mol. The van der Waals surface area contributed by atoms with Gasteiger partial charge in [-0.1, -0.05) is 6.08 Å². The van der Waals surface area contributed by atoms with Gasteiger partial charge in [-0.25, -0.2) is 0 Å². The van der Waals surface area contributed by atoms with E-state index in [1.54, 1.807) is 0 Å². The second-order valence-electron chi connectivity index (χ2n) is 2.44. The quantitative estimate of drug-likeness (QED) is 0.470. The van der Waals surface area contributed by atoms with Gasteiger partial charge in [0, 0.05) is 0 Å². The molecule has 1 aliphatic carbocycles. The molecule has 0 atom stereocenters. The first-order valence-electron chi connectivity index (χ1n) is 3.46. The zero-order valence-corrected chi connectivity index (χ0v) is 9.21. The van der Waals surface area contributed by atoms with E-state index in [4.69, 9.17) is 0 Å². The fourth-order valence-corrected chi connectivity index (χ4v) is 1.33. The summed E-state index contributed by atoms with van der Waals surface area (Å²) >= 11 is 4.26. The first-order chi connectivity index (χ1) is 5.36. The van der Waals surface area contributed by atoms with Crippen molar-refractivity contribution in [2.45, 2.75) is 0 Å². The first kappa shape index (κ1) is 8.08. The molecule has 71 valence electrons. The van der Waals surface area contributed by atoms with Crippen LogP contribution in [0, 0.1) is 6.42 Å². The summed E-state index contributed by atoms with van der Waals surface area (Å²) in [5.74, 6) is 0. The van der Waals surface area contributed by atoms with Gasteiger partial charge in [-0.3, -0.25) is 0 Å². The third-order valence-electron chi connectivity index (χ3n) is 1.65. The molecule has 0 amide bonds. The van der Waals surface area contributed by atoms with Gasteiger partial charge in [0.25, 0.3) is 0 Å². The van der Waals surface area contributed by atoms with E-state index in [2.05, 4.69) is 24.0 Å². The predicted octanol–water partition coefficient (Wildman–Crippen LogP) is 2.41. The molecule has 3 heteroatoms. The van der Waals surface area contributed by atoms with Gasteiger partial charge in [-0.05, 0) is 16.8 Å². The molecule has 1 N–H and O–H groups in total. The molecule has 0 fully saturated rings. The number of hydrogen-bond acceptors (Lipinski definition) is 1. The van der Waals surface area contributed by atoms with Crippen LogP contribution in [0.2, 0.25) is 0 Å². The van der Waals surface area contributed by atoms with Crippen LogP contribution < -0.4 is 0 Å². The summed E-state index contributed by atoms with van der Waals surface area (Å²) in [6.07, 6.45) is 9.97. The Bertz CT molecular complexity index is 325. The normalized spacial score (nSPS) is 13.6. The Morgan fingerprint density at radius 1 is 1.42 bits per heavy atom. The molecule has 1 nitrogen and oxygen atoms in total. The molecule has 0 bridgehead atoms. The minimum absolute atomic E-state index is 0. The van der Waals surface area contributed by atoms with E-state index >= 15 is 0 Å². The van der Waals surface area contributed by atoms with Crippen molar-refractivity contribution in [2.24, 2.45) is 0 Å². The molecule has 1 aromatic rings. The minimum Gasteiger partial charge on any atom is -0.408 e. The topological polar surface area (TPSA) is 15.8 Å². The molecule has 0 aliphatic heterocycles. The Kier molecular flexibility index (Phi) is 1.97. The molecule has 1 aliphatic rings. The van der Waals surface area contributed by atoms with E-state index in [0.717, 1.165) is 10.6 Å². The second kappa shape index (κ2) is 2.93. The van der Waals surface area contributed by atoms with Crippen molar-refractivity contribution in [3.63, 3.8) is 0 Å². The third kappa shape index (κ3) is 1.20. The first-order valence-corrected chi connectivity index (χ1v) is 3.90. The smallest absolute Gasteiger partial charge is 0 e. The van der Waals surface area contributed by atoms with E-state index in [1.807, 2.05) is 30.5 Å². The van der Waals surface area contributed by atoms with Crippen molar-refractivity contribution in [2.75, 3.05) is 0 Å². The Morgan fingerprint density at radius 2 is 2.25 bits per heavy atom. The molecule has 0 saturated heterocycles. The molecule has 1 radical (unpaired) electrons. The van der Waals surface area contributed by atoms with E-state index in [9.17, 15) is 0 Å². The Morgan fingerprint density at radius 3 is 3.08 bits per heavy atom. The standard InChI is InChI=1S/C9H8NS.Lr/c11-8-3-1-2-7-4-5-10-9(7)6-8;/h1-6,10-11H;/q-1;. The molecule has 1 aromatic heterocycles. The van der Waals surface area contributed by atoms with Crippen LogP contribution in [0.4, 0.5) is 0 Å². The van der Waals surface area contributed by atoms with Crippen molar-refractivity contribution in [3.05, 3.63) is 47.0 Å². The number of hydrogen-bond donors (Lipinski definition) is 2. The fourth-order valence-electron chi connectivity index (χ4n) is 1.11. The average Bonchev–Trinajstić information content (AvgIpc) is 2.31. The van der Waals surface area contributed by atoms with Crippen molar-refractivity contribution in [1.29, 1.82) is 0 Å². The van der Waals surface area contributed by atoms with Crippen LogP contribution in [0.15, 0.2) is 29.3 Å². The third-order valence-corrected chi connectivity index (χ3v) is 1.93. The molecule has 0 spiro atoms. The number of aromatic amines is 1. The molecule has 1 heterocycles. The summed E-state index contributed by atoms with van der Waals surface area (Å²) in [7, 11) is 0. The number of allylic oxidation sites excluding steroid dienone is 2. The van der Waals surface area contributed by atoms with E-state index < -0.39 is 0 Å². The van der Waals surface area contributed by atoms with Crippen LogP contribution in [0.25, 0.3) is 6.08 Å². The van der Waals surface area contributed by atoms with Crippen molar-refractivity contribution >= 4 is 18.7 Å². The molecule has 2 rings (SSSR count). The molecular weight excluding hydrogens is 416 g/mol. The van der Waals surface area contributed by atoms with Gasteiger partial charge in [0.2, 0.25) is 0 Å². The number of thiol groups is 1. The Balaban J connectivity index is 0.000000720. The Labute approximate surface area is 71.2 Å². The number of aromatic nitrogens is 1. The van der Waals surface area contributed by atoms with Gasteiger partial charge < -0.3 is 4.98 Å².